The highest BCUT2D eigenvalue weighted by atomic mass is 35.5. The molecule has 2 aromatic carbocycles. The highest BCUT2D eigenvalue weighted by Crippen LogP contribution is 2.34. The van der Waals surface area contributed by atoms with Gasteiger partial charge in [-0.1, -0.05) is 61.0 Å². The summed E-state index contributed by atoms with van der Waals surface area (Å²) in [5.41, 5.74) is 2.79. The SMILES string of the molecule is CCN(C)Cc1c(C(=O)NC2CCCCC2)nc(-c2ccc(Cl)cc2Cl)n1-c1ccc(Cl)cc1. The molecule has 1 aliphatic rings. The van der Waals surface area contributed by atoms with E-state index in [0.29, 0.717) is 38.7 Å². The van der Waals surface area contributed by atoms with E-state index in [-0.39, 0.29) is 11.9 Å². The molecule has 8 heteroatoms. The summed E-state index contributed by atoms with van der Waals surface area (Å²) in [6, 6.07) is 13.0. The van der Waals surface area contributed by atoms with Crippen molar-refractivity contribution >= 4 is 40.7 Å². The van der Waals surface area contributed by atoms with Crippen LogP contribution in [-0.2, 0) is 6.54 Å². The minimum atomic E-state index is -0.148. The van der Waals surface area contributed by atoms with Gasteiger partial charge in [0.25, 0.3) is 5.91 Å². The maximum absolute atomic E-state index is 13.5. The minimum Gasteiger partial charge on any atom is -0.348 e. The van der Waals surface area contributed by atoms with Crippen molar-refractivity contribution in [2.45, 2.75) is 51.6 Å². The van der Waals surface area contributed by atoms with Gasteiger partial charge in [-0.3, -0.25) is 9.36 Å². The highest BCUT2D eigenvalue weighted by molar-refractivity contribution is 6.36. The van der Waals surface area contributed by atoms with Crippen LogP contribution in [0.25, 0.3) is 17.1 Å². The molecule has 4 rings (SSSR count). The van der Waals surface area contributed by atoms with E-state index in [1.165, 1.54) is 6.42 Å². The van der Waals surface area contributed by atoms with E-state index in [1.54, 1.807) is 12.1 Å². The lowest BCUT2D eigenvalue weighted by Gasteiger charge is -2.23. The third-order valence-corrected chi connectivity index (χ3v) is 7.14. The number of nitrogens with zero attached hydrogens (tertiary/aromatic N) is 3. The number of nitrogens with one attached hydrogen (secondary N) is 1. The van der Waals surface area contributed by atoms with Gasteiger partial charge in [-0.05, 0) is 68.9 Å². The molecule has 3 aromatic rings. The Balaban J connectivity index is 1.89. The van der Waals surface area contributed by atoms with Crippen molar-refractivity contribution in [3.8, 4) is 17.1 Å². The fraction of sp³-hybridized carbons (Fsp3) is 0.385. The number of aromatic nitrogens is 2. The second kappa shape index (κ2) is 11.1. The maximum atomic E-state index is 13.5. The van der Waals surface area contributed by atoms with E-state index in [0.717, 1.165) is 43.6 Å². The van der Waals surface area contributed by atoms with Crippen LogP contribution in [0.1, 0.15) is 55.2 Å². The summed E-state index contributed by atoms with van der Waals surface area (Å²) in [7, 11) is 2.02. The van der Waals surface area contributed by atoms with Crippen molar-refractivity contribution in [2.75, 3.05) is 13.6 Å². The van der Waals surface area contributed by atoms with Crippen LogP contribution in [-0.4, -0.2) is 40.0 Å². The van der Waals surface area contributed by atoms with Gasteiger partial charge in [-0.2, -0.15) is 0 Å². The maximum Gasteiger partial charge on any atom is 0.272 e. The second-order valence-corrected chi connectivity index (χ2v) is 10.1. The molecule has 1 heterocycles. The summed E-state index contributed by atoms with van der Waals surface area (Å²) >= 11 is 18.9. The van der Waals surface area contributed by atoms with Crippen LogP contribution in [0.5, 0.6) is 0 Å². The summed E-state index contributed by atoms with van der Waals surface area (Å²) < 4.78 is 2.01. The molecule has 1 fully saturated rings. The summed E-state index contributed by atoms with van der Waals surface area (Å²) in [4.78, 5) is 20.6. The van der Waals surface area contributed by atoms with Crippen molar-refractivity contribution in [2.24, 2.45) is 0 Å². The Hall–Kier alpha value is -2.05. The lowest BCUT2D eigenvalue weighted by atomic mass is 9.95. The van der Waals surface area contributed by atoms with E-state index >= 15 is 0 Å². The van der Waals surface area contributed by atoms with Crippen molar-refractivity contribution in [3.63, 3.8) is 0 Å². The molecule has 1 aliphatic carbocycles. The minimum absolute atomic E-state index is 0.148. The Morgan fingerprint density at radius 1 is 1.06 bits per heavy atom. The fourth-order valence-corrected chi connectivity index (χ4v) is 4.99. The number of rotatable bonds is 7. The largest absolute Gasteiger partial charge is 0.348 e. The number of halogens is 3. The first-order valence-corrected chi connectivity index (χ1v) is 12.8. The summed E-state index contributed by atoms with van der Waals surface area (Å²) in [5.74, 6) is 0.447. The molecule has 5 nitrogen and oxygen atoms in total. The third-order valence-electron chi connectivity index (χ3n) is 6.34. The average molecular weight is 520 g/mol. The number of imidazole rings is 1. The number of carbonyl (C=O) groups is 1. The Morgan fingerprint density at radius 3 is 2.38 bits per heavy atom. The lowest BCUT2D eigenvalue weighted by molar-refractivity contribution is 0.0921. The van der Waals surface area contributed by atoms with Crippen LogP contribution in [0.15, 0.2) is 42.5 Å². The molecule has 0 atom stereocenters. The molecular formula is C26H29Cl3N4O. The third kappa shape index (κ3) is 5.60. The van der Waals surface area contributed by atoms with Crippen LogP contribution in [0.3, 0.4) is 0 Å². The van der Waals surface area contributed by atoms with E-state index in [2.05, 4.69) is 17.1 Å². The molecule has 1 saturated carbocycles. The zero-order valence-electron chi connectivity index (χ0n) is 19.5. The number of hydrogen-bond donors (Lipinski definition) is 1. The lowest BCUT2D eigenvalue weighted by Crippen LogP contribution is -2.37. The smallest absolute Gasteiger partial charge is 0.272 e. The zero-order chi connectivity index (χ0) is 24.2. The predicted octanol–water partition coefficient (Wildman–Crippen LogP) is 7.01. The Labute approximate surface area is 216 Å². The van der Waals surface area contributed by atoms with Gasteiger partial charge in [0.05, 0.1) is 10.7 Å². The molecule has 0 radical (unpaired) electrons. The summed E-state index contributed by atoms with van der Waals surface area (Å²) in [6.07, 6.45) is 5.51. The fourth-order valence-electron chi connectivity index (χ4n) is 4.37. The predicted molar refractivity (Wildman–Crippen MR) is 140 cm³/mol. The van der Waals surface area contributed by atoms with E-state index < -0.39 is 0 Å². The van der Waals surface area contributed by atoms with Gasteiger partial charge in [-0.15, -0.1) is 0 Å². The van der Waals surface area contributed by atoms with Crippen LogP contribution in [0.2, 0.25) is 15.1 Å². The Bertz CT molecular complexity index is 1150. The molecule has 0 aliphatic heterocycles. The number of amides is 1. The molecule has 0 bridgehead atoms. The van der Waals surface area contributed by atoms with Gasteiger partial charge < -0.3 is 10.2 Å². The number of benzene rings is 2. The van der Waals surface area contributed by atoms with Gasteiger partial charge >= 0.3 is 0 Å². The van der Waals surface area contributed by atoms with Gasteiger partial charge in [0, 0.05) is 33.9 Å². The van der Waals surface area contributed by atoms with Crippen molar-refractivity contribution < 1.29 is 4.79 Å². The Kier molecular flexibility index (Phi) is 8.20. The van der Waals surface area contributed by atoms with Crippen molar-refractivity contribution in [1.29, 1.82) is 0 Å². The zero-order valence-corrected chi connectivity index (χ0v) is 21.7. The highest BCUT2D eigenvalue weighted by Gasteiger charge is 2.27. The normalized spacial score (nSPS) is 14.5. The first-order chi connectivity index (χ1) is 16.4. The second-order valence-electron chi connectivity index (χ2n) is 8.81. The summed E-state index contributed by atoms with van der Waals surface area (Å²) in [5, 5.41) is 4.89. The quantitative estimate of drug-likeness (QED) is 0.365. The average Bonchev–Trinajstić information content (AvgIpc) is 3.19. The number of hydrogen-bond acceptors (Lipinski definition) is 3. The van der Waals surface area contributed by atoms with Gasteiger partial charge in [-0.25, -0.2) is 4.98 Å². The van der Waals surface area contributed by atoms with Crippen molar-refractivity contribution in [1.82, 2.24) is 19.8 Å². The molecule has 34 heavy (non-hydrogen) atoms. The molecule has 180 valence electrons. The van der Waals surface area contributed by atoms with E-state index in [1.807, 2.05) is 41.9 Å². The first kappa shape index (κ1) is 25.1. The van der Waals surface area contributed by atoms with Gasteiger partial charge in [0.1, 0.15) is 5.82 Å². The molecule has 1 N–H and O–H groups in total. The number of carbonyl (C=O) groups excluding carboxylic acids is 1. The van der Waals surface area contributed by atoms with Gasteiger partial charge in [0.15, 0.2) is 5.69 Å². The standard InChI is InChI=1S/C26H29Cl3N4O/c1-3-32(2)16-23-24(26(34)30-19-7-5-4-6-8-19)31-25(21-14-11-18(28)15-22(21)29)33(23)20-12-9-17(27)10-13-20/h9-15,19H,3-8,16H2,1-2H3,(H,30,34). The van der Waals surface area contributed by atoms with Crippen molar-refractivity contribution in [3.05, 3.63) is 68.9 Å². The molecule has 0 saturated heterocycles. The van der Waals surface area contributed by atoms with Crippen LogP contribution < -0.4 is 5.32 Å². The topological polar surface area (TPSA) is 50.2 Å². The van der Waals surface area contributed by atoms with E-state index in [9.17, 15) is 4.79 Å². The first-order valence-electron chi connectivity index (χ1n) is 11.7. The van der Waals surface area contributed by atoms with Crippen LogP contribution in [0, 0.1) is 0 Å². The monoisotopic (exact) mass is 518 g/mol. The molecule has 1 amide bonds. The van der Waals surface area contributed by atoms with Crippen LogP contribution in [0.4, 0.5) is 0 Å². The molecule has 0 unspecified atom stereocenters. The molecule has 1 aromatic heterocycles. The molecular weight excluding hydrogens is 491 g/mol. The van der Waals surface area contributed by atoms with E-state index in [4.69, 9.17) is 39.8 Å². The Morgan fingerprint density at radius 2 is 1.74 bits per heavy atom. The summed E-state index contributed by atoms with van der Waals surface area (Å²) in [6.45, 7) is 3.46. The molecule has 0 spiro atoms. The van der Waals surface area contributed by atoms with Gasteiger partial charge in [0.2, 0.25) is 0 Å². The van der Waals surface area contributed by atoms with Crippen LogP contribution >= 0.6 is 34.8 Å².